The van der Waals surface area contributed by atoms with Crippen molar-refractivity contribution in [1.82, 2.24) is 10.2 Å². The van der Waals surface area contributed by atoms with Gasteiger partial charge in [0.05, 0.1) is 11.9 Å². The Morgan fingerprint density at radius 1 is 0.875 bits per heavy atom. The van der Waals surface area contributed by atoms with Crippen LogP contribution in [0.2, 0.25) is 0 Å². The van der Waals surface area contributed by atoms with Gasteiger partial charge in [0.2, 0.25) is 21.8 Å². The molecule has 3 rings (SSSR count). The molecule has 3 aromatic rings. The van der Waals surface area contributed by atoms with E-state index in [0.717, 1.165) is 16.1 Å². The normalized spacial score (nSPS) is 12.3. The van der Waals surface area contributed by atoms with Gasteiger partial charge in [0, 0.05) is 12.1 Å². The minimum absolute atomic E-state index is 0.264. The number of amides is 2. The van der Waals surface area contributed by atoms with Crippen LogP contribution in [0.4, 0.5) is 5.69 Å². The quantitative estimate of drug-likeness (QED) is 0.333. The summed E-state index contributed by atoms with van der Waals surface area (Å²) in [7, 11) is -3.82. The van der Waals surface area contributed by atoms with E-state index in [4.69, 9.17) is 4.74 Å². The third-order valence-corrected chi connectivity index (χ3v) is 7.29. The Balaban J connectivity index is 1.86. The fraction of sp³-hybridized carbons (Fsp3) is 0.355. The summed E-state index contributed by atoms with van der Waals surface area (Å²) in [4.78, 5) is 28.5. The fourth-order valence-electron chi connectivity index (χ4n) is 4.27. The van der Waals surface area contributed by atoms with Gasteiger partial charge in [-0.05, 0) is 75.6 Å². The van der Waals surface area contributed by atoms with Gasteiger partial charge >= 0.3 is 0 Å². The highest BCUT2D eigenvalue weighted by molar-refractivity contribution is 7.92. The summed E-state index contributed by atoms with van der Waals surface area (Å²) in [5.41, 5.74) is 0.855. The van der Waals surface area contributed by atoms with E-state index in [-0.39, 0.29) is 12.5 Å². The highest BCUT2D eigenvalue weighted by atomic mass is 32.2. The van der Waals surface area contributed by atoms with Crippen LogP contribution >= 0.6 is 0 Å². The minimum atomic E-state index is -3.82. The molecule has 0 aliphatic rings. The molecule has 3 aromatic carbocycles. The summed E-state index contributed by atoms with van der Waals surface area (Å²) in [5.74, 6) is 0.453. The highest BCUT2D eigenvalue weighted by Gasteiger charge is 2.32. The molecule has 1 N–H and O–H groups in total. The van der Waals surface area contributed by atoms with E-state index in [2.05, 4.69) is 5.32 Å². The Hall–Kier alpha value is -3.85. The van der Waals surface area contributed by atoms with E-state index < -0.39 is 34.1 Å². The number of nitrogens with one attached hydrogen (secondary N) is 1. The largest absolute Gasteiger partial charge is 0.457 e. The van der Waals surface area contributed by atoms with E-state index >= 15 is 0 Å². The monoisotopic (exact) mass is 565 g/mol. The molecule has 2 amide bonds. The lowest BCUT2D eigenvalue weighted by Gasteiger charge is -2.34. The van der Waals surface area contributed by atoms with Crippen LogP contribution in [0, 0.1) is 0 Å². The van der Waals surface area contributed by atoms with E-state index in [1.807, 2.05) is 88.4 Å². The molecule has 0 saturated carbocycles. The zero-order valence-corrected chi connectivity index (χ0v) is 24.6. The number of sulfonamides is 1. The molecule has 0 spiro atoms. The van der Waals surface area contributed by atoms with Crippen LogP contribution in [0.15, 0.2) is 84.9 Å². The first kappa shape index (κ1) is 30.7. The maximum absolute atomic E-state index is 13.8. The molecule has 40 heavy (non-hydrogen) atoms. The van der Waals surface area contributed by atoms with Crippen molar-refractivity contribution >= 4 is 27.5 Å². The Morgan fingerprint density at radius 3 is 1.95 bits per heavy atom. The first-order valence-electron chi connectivity index (χ1n) is 13.3. The standard InChI is InChI=1S/C31H39N3O5S/c1-6-28(30(36)32-31(2,3)4)33(22-21-24-13-9-7-10-14-24)29(35)23-34(40(5,37)38)25-17-19-27(20-18-25)39-26-15-11-8-12-16-26/h7-20,28H,6,21-23H2,1-5H3,(H,32,36)/t28-/m0/s1. The number of carbonyl (C=O) groups is 2. The highest BCUT2D eigenvalue weighted by Crippen LogP contribution is 2.26. The Labute approximate surface area is 238 Å². The smallest absolute Gasteiger partial charge is 0.244 e. The van der Waals surface area contributed by atoms with Gasteiger partial charge in [0.25, 0.3) is 0 Å². The molecule has 0 aromatic heterocycles. The van der Waals surface area contributed by atoms with Crippen molar-refractivity contribution in [2.45, 2.75) is 52.1 Å². The molecule has 0 saturated heterocycles. The van der Waals surface area contributed by atoms with Gasteiger partial charge in [0.15, 0.2) is 0 Å². The topological polar surface area (TPSA) is 96.0 Å². The van der Waals surface area contributed by atoms with E-state index in [9.17, 15) is 18.0 Å². The van der Waals surface area contributed by atoms with Crippen LogP contribution in [0.1, 0.15) is 39.7 Å². The summed E-state index contributed by atoms with van der Waals surface area (Å²) >= 11 is 0. The Kier molecular flexibility index (Phi) is 10.3. The van der Waals surface area contributed by atoms with Gasteiger partial charge < -0.3 is 15.0 Å². The van der Waals surface area contributed by atoms with Crippen molar-refractivity contribution in [2.24, 2.45) is 0 Å². The maximum Gasteiger partial charge on any atom is 0.244 e. The van der Waals surface area contributed by atoms with E-state index in [0.29, 0.717) is 30.0 Å². The van der Waals surface area contributed by atoms with E-state index in [1.54, 1.807) is 24.3 Å². The number of para-hydroxylation sites is 1. The van der Waals surface area contributed by atoms with Gasteiger partial charge in [-0.1, -0.05) is 55.5 Å². The summed E-state index contributed by atoms with van der Waals surface area (Å²) in [5, 5.41) is 2.97. The lowest BCUT2D eigenvalue weighted by Crippen LogP contribution is -2.56. The van der Waals surface area contributed by atoms with Crippen molar-refractivity contribution in [1.29, 1.82) is 0 Å². The van der Waals surface area contributed by atoms with Crippen molar-refractivity contribution in [3.05, 3.63) is 90.5 Å². The molecule has 0 radical (unpaired) electrons. The molecule has 0 bridgehead atoms. The number of nitrogens with zero attached hydrogens (tertiary/aromatic N) is 2. The predicted molar refractivity (Wildman–Crippen MR) is 159 cm³/mol. The van der Waals surface area contributed by atoms with E-state index in [1.165, 1.54) is 4.90 Å². The first-order valence-corrected chi connectivity index (χ1v) is 15.2. The van der Waals surface area contributed by atoms with Crippen molar-refractivity contribution in [3.8, 4) is 11.5 Å². The number of anilines is 1. The van der Waals surface area contributed by atoms with Gasteiger partial charge in [-0.25, -0.2) is 8.42 Å². The Bertz CT molecular complexity index is 1360. The summed E-state index contributed by atoms with van der Waals surface area (Å²) in [6.07, 6.45) is 1.97. The molecular formula is C31H39N3O5S. The summed E-state index contributed by atoms with van der Waals surface area (Å²) < 4.78 is 32.6. The molecule has 0 unspecified atom stereocenters. The zero-order chi connectivity index (χ0) is 29.3. The number of hydrogen-bond donors (Lipinski definition) is 1. The van der Waals surface area contributed by atoms with Gasteiger partial charge in [-0.3, -0.25) is 13.9 Å². The third kappa shape index (κ3) is 9.12. The number of ether oxygens (including phenoxy) is 1. The molecule has 214 valence electrons. The Morgan fingerprint density at radius 2 is 1.43 bits per heavy atom. The van der Waals surface area contributed by atoms with Gasteiger partial charge in [-0.15, -0.1) is 0 Å². The van der Waals surface area contributed by atoms with Crippen molar-refractivity contribution in [3.63, 3.8) is 0 Å². The lowest BCUT2D eigenvalue weighted by atomic mass is 10.1. The number of hydrogen-bond acceptors (Lipinski definition) is 5. The minimum Gasteiger partial charge on any atom is -0.457 e. The molecule has 8 nitrogen and oxygen atoms in total. The lowest BCUT2D eigenvalue weighted by molar-refractivity contribution is -0.140. The second-order valence-electron chi connectivity index (χ2n) is 10.7. The average molecular weight is 566 g/mol. The van der Waals surface area contributed by atoms with Crippen molar-refractivity contribution in [2.75, 3.05) is 23.7 Å². The molecule has 0 aliphatic heterocycles. The average Bonchev–Trinajstić information content (AvgIpc) is 2.89. The van der Waals surface area contributed by atoms with Gasteiger partial charge in [-0.2, -0.15) is 0 Å². The fourth-order valence-corrected chi connectivity index (χ4v) is 5.12. The first-order chi connectivity index (χ1) is 18.9. The molecule has 9 heteroatoms. The number of benzene rings is 3. The maximum atomic E-state index is 13.8. The van der Waals surface area contributed by atoms with Crippen LogP contribution in [-0.4, -0.2) is 56.1 Å². The summed E-state index contributed by atoms with van der Waals surface area (Å²) in [6, 6.07) is 24.7. The van der Waals surface area contributed by atoms with Crippen LogP contribution in [0.3, 0.4) is 0 Å². The number of rotatable bonds is 12. The summed E-state index contributed by atoms with van der Waals surface area (Å²) in [6.45, 7) is 7.31. The van der Waals surface area contributed by atoms with Crippen LogP contribution in [0.5, 0.6) is 11.5 Å². The molecular weight excluding hydrogens is 526 g/mol. The second kappa shape index (κ2) is 13.5. The van der Waals surface area contributed by atoms with Crippen LogP contribution in [0.25, 0.3) is 0 Å². The van der Waals surface area contributed by atoms with Crippen LogP contribution in [-0.2, 0) is 26.0 Å². The molecule has 0 aliphatic carbocycles. The van der Waals surface area contributed by atoms with Gasteiger partial charge in [0.1, 0.15) is 24.1 Å². The molecule has 0 heterocycles. The molecule has 0 fully saturated rings. The molecule has 1 atom stereocenters. The van der Waals surface area contributed by atoms with Crippen molar-refractivity contribution < 1.29 is 22.7 Å². The number of carbonyl (C=O) groups excluding carboxylic acids is 2. The predicted octanol–water partition coefficient (Wildman–Crippen LogP) is 5.01. The SMILES string of the molecule is CC[C@@H](C(=O)NC(C)(C)C)N(CCc1ccccc1)C(=O)CN(c1ccc(Oc2ccccc2)cc1)S(C)(=O)=O. The van der Waals surface area contributed by atoms with Crippen LogP contribution < -0.4 is 14.4 Å². The third-order valence-electron chi connectivity index (χ3n) is 6.15. The second-order valence-corrected chi connectivity index (χ2v) is 12.6. The zero-order valence-electron chi connectivity index (χ0n) is 23.8.